The second-order valence-corrected chi connectivity index (χ2v) is 11.6. The number of carbonyl (C=O) groups is 2. The quantitative estimate of drug-likeness (QED) is 0.181. The first kappa shape index (κ1) is 40.1. The number of hydrogen-bond acceptors (Lipinski definition) is 12. The second-order valence-electron chi connectivity index (χ2n) is 11.6. The van der Waals surface area contributed by atoms with Crippen molar-refractivity contribution in [2.75, 3.05) is 38.3 Å². The summed E-state index contributed by atoms with van der Waals surface area (Å²) >= 11 is 0. The lowest BCUT2D eigenvalue weighted by Gasteiger charge is -2.56. The molecule has 0 aromatic carbocycles. The average molecular weight is 755 g/mol. The van der Waals surface area contributed by atoms with Crippen molar-refractivity contribution in [3.8, 4) is 28.8 Å². The molecule has 2 bridgehead atoms. The maximum Gasteiger partial charge on any atom is 0.490 e. The molecule has 0 radical (unpaired) electrons. The van der Waals surface area contributed by atoms with Gasteiger partial charge in [0.05, 0.1) is 30.6 Å². The smallest absolute Gasteiger partial charge is 0.489 e. The zero-order valence-corrected chi connectivity index (χ0v) is 27.6. The number of piperidine rings is 1. The molecule has 284 valence electrons. The Hall–Kier alpha value is -5.72. The van der Waals surface area contributed by atoms with Gasteiger partial charge >= 0.3 is 24.3 Å². The topological polar surface area (TPSA) is 213 Å². The van der Waals surface area contributed by atoms with E-state index >= 15 is 0 Å². The first-order valence-corrected chi connectivity index (χ1v) is 15.4. The van der Waals surface area contributed by atoms with E-state index < -0.39 is 30.4 Å². The van der Waals surface area contributed by atoms with Gasteiger partial charge in [0.2, 0.25) is 5.88 Å². The number of anilines is 1. The normalized spacial score (nSPS) is 17.2. The zero-order valence-electron chi connectivity index (χ0n) is 27.6. The number of aliphatic hydroxyl groups is 1. The zero-order chi connectivity index (χ0) is 39.1. The number of ether oxygens (including phenoxy) is 2. The van der Waals surface area contributed by atoms with Crippen molar-refractivity contribution >= 4 is 23.3 Å². The maximum atomic E-state index is 10.6. The molecule has 2 unspecified atom stereocenters. The van der Waals surface area contributed by atoms with E-state index in [0.717, 1.165) is 36.6 Å². The predicted molar refractivity (Wildman–Crippen MR) is 172 cm³/mol. The number of rotatable bonds is 9. The maximum absolute atomic E-state index is 10.6. The van der Waals surface area contributed by atoms with Crippen LogP contribution in [0.5, 0.6) is 11.6 Å². The van der Waals surface area contributed by atoms with Crippen molar-refractivity contribution in [3.63, 3.8) is 0 Å². The van der Waals surface area contributed by atoms with E-state index in [4.69, 9.17) is 40.0 Å². The van der Waals surface area contributed by atoms with Crippen LogP contribution in [0.25, 0.3) is 16.6 Å². The number of pyridine rings is 3. The molecule has 7 heterocycles. The van der Waals surface area contributed by atoms with Crippen molar-refractivity contribution in [1.82, 2.24) is 24.5 Å². The largest absolute Gasteiger partial charge is 0.490 e. The summed E-state index contributed by atoms with van der Waals surface area (Å²) in [6.45, 7) is 2.90. The number of nitriles is 1. The van der Waals surface area contributed by atoms with E-state index in [1.54, 1.807) is 17.8 Å². The van der Waals surface area contributed by atoms with Crippen molar-refractivity contribution in [3.05, 3.63) is 66.2 Å². The highest BCUT2D eigenvalue weighted by molar-refractivity contribution is 5.85. The molecule has 5 N–H and O–H groups in total. The molecule has 3 aliphatic heterocycles. The molecule has 0 amide bonds. The Labute approximate surface area is 296 Å². The molecule has 0 spiro atoms. The molecule has 0 saturated carbocycles. The summed E-state index contributed by atoms with van der Waals surface area (Å²) in [5.41, 5.74) is 9.47. The molecule has 7 rings (SSSR count). The van der Waals surface area contributed by atoms with Crippen LogP contribution in [0.1, 0.15) is 17.5 Å². The van der Waals surface area contributed by atoms with Gasteiger partial charge in [-0.25, -0.2) is 24.1 Å². The van der Waals surface area contributed by atoms with Crippen molar-refractivity contribution in [1.29, 1.82) is 5.26 Å². The molecule has 4 aromatic rings. The molecule has 4 aromatic heterocycles. The van der Waals surface area contributed by atoms with Gasteiger partial charge in [0.15, 0.2) is 0 Å². The summed E-state index contributed by atoms with van der Waals surface area (Å²) in [7, 11) is 1.63. The van der Waals surface area contributed by atoms with Crippen LogP contribution in [0.2, 0.25) is 0 Å². The second kappa shape index (κ2) is 16.7. The number of nitrogens with zero attached hydrogens (tertiary/aromatic N) is 7. The molecule has 3 fully saturated rings. The number of halogens is 6. The molecular weight excluding hydrogens is 722 g/mol. The molecule has 53 heavy (non-hydrogen) atoms. The van der Waals surface area contributed by atoms with Gasteiger partial charge in [-0.2, -0.15) is 36.7 Å². The third-order valence-electron chi connectivity index (χ3n) is 8.01. The fourth-order valence-electron chi connectivity index (χ4n) is 5.44. The Bertz CT molecular complexity index is 1880. The van der Waals surface area contributed by atoms with E-state index in [9.17, 15) is 36.7 Å². The van der Waals surface area contributed by atoms with E-state index in [0.29, 0.717) is 34.8 Å². The van der Waals surface area contributed by atoms with Crippen LogP contribution in [0.4, 0.5) is 32.2 Å². The Morgan fingerprint density at radius 2 is 1.66 bits per heavy atom. The third kappa shape index (κ3) is 10.2. The fraction of sp³-hybridized carbons (Fsp3) is 0.375. The minimum atomic E-state index is -5.08. The van der Waals surface area contributed by atoms with Gasteiger partial charge in [-0.05, 0) is 30.2 Å². The Balaban J connectivity index is 0.000000381. The summed E-state index contributed by atoms with van der Waals surface area (Å²) < 4.78 is 76.0. The number of hydrogen-bond donors (Lipinski definition) is 4. The predicted octanol–water partition coefficient (Wildman–Crippen LogP) is 3.10. The SMILES string of the molecule is COc1ccc(CN2C3CC2CN(c2ccc(-c4cc(OC[C@H](O)CN)cn5ncc(C#N)c45)cn2)C3)cn1.O=C(O)C(F)(F)F.O=C(O)C(F)(F)F. The highest BCUT2D eigenvalue weighted by atomic mass is 19.4. The van der Waals surface area contributed by atoms with Crippen molar-refractivity contribution in [2.45, 2.75) is 43.5 Å². The number of fused-ring (bicyclic) bond motifs is 3. The summed E-state index contributed by atoms with van der Waals surface area (Å²) in [6, 6.07) is 13.1. The summed E-state index contributed by atoms with van der Waals surface area (Å²) in [6.07, 6.45) is -2.79. The number of carboxylic acid groups (broad SMARTS) is 2. The number of piperazine rings is 1. The minimum absolute atomic E-state index is 0.0638. The van der Waals surface area contributed by atoms with Gasteiger partial charge in [0.25, 0.3) is 0 Å². The fourth-order valence-corrected chi connectivity index (χ4v) is 5.44. The molecule has 0 aliphatic carbocycles. The lowest BCUT2D eigenvalue weighted by molar-refractivity contribution is -0.193. The Morgan fingerprint density at radius 3 is 2.15 bits per heavy atom. The number of alkyl halides is 6. The van der Waals surface area contributed by atoms with Gasteiger partial charge < -0.3 is 35.4 Å². The van der Waals surface area contributed by atoms with Crippen LogP contribution in [-0.2, 0) is 16.1 Å². The molecule has 3 saturated heterocycles. The summed E-state index contributed by atoms with van der Waals surface area (Å²) in [5, 5.41) is 38.0. The Kier molecular flexibility index (Phi) is 12.7. The lowest BCUT2D eigenvalue weighted by Crippen LogP contribution is -2.68. The van der Waals surface area contributed by atoms with E-state index in [1.165, 1.54) is 18.2 Å². The third-order valence-corrected chi connectivity index (χ3v) is 8.01. The number of aliphatic hydroxyl groups excluding tert-OH is 1. The lowest BCUT2D eigenvalue weighted by atomic mass is 9.87. The first-order chi connectivity index (χ1) is 24.9. The first-order valence-electron chi connectivity index (χ1n) is 15.4. The van der Waals surface area contributed by atoms with Crippen molar-refractivity contribution < 1.29 is 60.7 Å². The van der Waals surface area contributed by atoms with Gasteiger partial charge in [-0.15, -0.1) is 0 Å². The molecule has 21 heteroatoms. The van der Waals surface area contributed by atoms with E-state index in [-0.39, 0.29) is 13.2 Å². The number of aromatic nitrogens is 4. The van der Waals surface area contributed by atoms with Crippen LogP contribution < -0.4 is 20.1 Å². The van der Waals surface area contributed by atoms with Gasteiger partial charge in [0, 0.05) is 67.8 Å². The highest BCUT2D eigenvalue weighted by Crippen LogP contribution is 2.36. The Morgan fingerprint density at radius 1 is 1.02 bits per heavy atom. The van der Waals surface area contributed by atoms with Crippen molar-refractivity contribution in [2.24, 2.45) is 5.73 Å². The molecule has 3 aliphatic rings. The van der Waals surface area contributed by atoms with Gasteiger partial charge in [-0.1, -0.05) is 6.07 Å². The summed E-state index contributed by atoms with van der Waals surface area (Å²) in [5.74, 6) is -3.43. The van der Waals surface area contributed by atoms with Gasteiger partial charge in [0.1, 0.15) is 30.3 Å². The minimum Gasteiger partial charge on any atom is -0.489 e. The number of methoxy groups -OCH3 is 1. The van der Waals surface area contributed by atoms with Crippen LogP contribution in [0, 0.1) is 11.3 Å². The number of nitrogens with two attached hydrogens (primary N) is 1. The average Bonchev–Trinajstić information content (AvgIpc) is 3.55. The molecule has 15 nitrogen and oxygen atoms in total. The molecular formula is C32H32F6N8O7. The monoisotopic (exact) mass is 754 g/mol. The number of carboxylic acids is 2. The van der Waals surface area contributed by atoms with E-state index in [1.807, 2.05) is 36.7 Å². The standard InChI is InChI=1S/C28H30N8O3.2C2HF3O2/c1-38-27-5-2-18(10-32-27)13-35-21-6-22(35)15-34(14-21)26-4-3-19(11-31-26)25-7-24(39-17-23(37)9-30)16-36-28(25)20(8-29)12-33-36;2*3-2(4,5)1(6)7/h2-5,7,10-12,16,21-23,37H,6,9,13-15,17,30H2,1H3;2*(H,6,7)/t21?,22?,23-;;/m1../s1. The van der Waals surface area contributed by atoms with Crippen LogP contribution in [0.3, 0.4) is 0 Å². The highest BCUT2D eigenvalue weighted by Gasteiger charge is 2.44. The van der Waals surface area contributed by atoms with Crippen LogP contribution >= 0.6 is 0 Å². The number of aliphatic carboxylic acids is 2. The van der Waals surface area contributed by atoms with Crippen LogP contribution in [-0.4, -0.2) is 116 Å². The summed E-state index contributed by atoms with van der Waals surface area (Å²) in [4.78, 5) is 31.8. The van der Waals surface area contributed by atoms with E-state index in [2.05, 4.69) is 32.0 Å². The van der Waals surface area contributed by atoms with Gasteiger partial charge in [-0.3, -0.25) is 4.90 Å². The molecule has 3 atom stereocenters. The van der Waals surface area contributed by atoms with Crippen LogP contribution in [0.15, 0.2) is 55.1 Å².